The van der Waals surface area contributed by atoms with Gasteiger partial charge in [0, 0.05) is 12.1 Å². The molecule has 2 heteroatoms. The molecule has 2 fully saturated rings. The lowest BCUT2D eigenvalue weighted by Crippen LogP contribution is -2.50. The second kappa shape index (κ2) is 6.61. The first-order valence-corrected chi connectivity index (χ1v) is 7.38. The summed E-state index contributed by atoms with van der Waals surface area (Å²) in [5, 5.41) is 7.53. The summed E-state index contributed by atoms with van der Waals surface area (Å²) in [7, 11) is 0. The Balaban J connectivity index is 1.86. The molecule has 1 saturated carbocycles. The second-order valence-electron chi connectivity index (χ2n) is 5.57. The van der Waals surface area contributed by atoms with Crippen LogP contribution in [-0.4, -0.2) is 25.2 Å². The lowest BCUT2D eigenvalue weighted by molar-refractivity contribution is 0.182. The molecule has 3 unspecified atom stereocenters. The zero-order valence-corrected chi connectivity index (χ0v) is 10.8. The predicted octanol–water partition coefficient (Wildman–Crippen LogP) is 2.69. The van der Waals surface area contributed by atoms with Crippen LogP contribution in [0.3, 0.4) is 0 Å². The fraction of sp³-hybridized carbons (Fsp3) is 1.00. The van der Waals surface area contributed by atoms with E-state index in [0.717, 1.165) is 18.0 Å². The minimum Gasteiger partial charge on any atom is -0.314 e. The number of hydrogen-bond acceptors (Lipinski definition) is 2. The third-order valence-electron chi connectivity index (χ3n) is 4.34. The van der Waals surface area contributed by atoms with Gasteiger partial charge in [0.05, 0.1) is 0 Å². The molecule has 0 radical (unpaired) electrons. The topological polar surface area (TPSA) is 24.1 Å². The van der Waals surface area contributed by atoms with Gasteiger partial charge in [0.25, 0.3) is 0 Å². The molecule has 0 aromatic rings. The fourth-order valence-corrected chi connectivity index (χ4v) is 3.47. The van der Waals surface area contributed by atoms with Crippen LogP contribution in [0.4, 0.5) is 0 Å². The summed E-state index contributed by atoms with van der Waals surface area (Å²) in [6, 6.07) is 1.60. The minimum atomic E-state index is 0.796. The molecule has 16 heavy (non-hydrogen) atoms. The average molecular weight is 224 g/mol. The molecule has 2 aliphatic rings. The van der Waals surface area contributed by atoms with E-state index in [1.807, 2.05) is 0 Å². The summed E-state index contributed by atoms with van der Waals surface area (Å²) in [4.78, 5) is 0. The van der Waals surface area contributed by atoms with E-state index in [2.05, 4.69) is 17.6 Å². The summed E-state index contributed by atoms with van der Waals surface area (Å²) < 4.78 is 0. The van der Waals surface area contributed by atoms with E-state index >= 15 is 0 Å². The Bertz CT molecular complexity index is 187. The monoisotopic (exact) mass is 224 g/mol. The second-order valence-corrected chi connectivity index (χ2v) is 5.57. The zero-order chi connectivity index (χ0) is 11.2. The largest absolute Gasteiger partial charge is 0.314 e. The van der Waals surface area contributed by atoms with Gasteiger partial charge in [0.1, 0.15) is 0 Å². The van der Waals surface area contributed by atoms with Crippen molar-refractivity contribution in [2.24, 2.45) is 5.92 Å². The molecule has 94 valence electrons. The number of piperidine rings is 1. The van der Waals surface area contributed by atoms with Crippen LogP contribution >= 0.6 is 0 Å². The van der Waals surface area contributed by atoms with Gasteiger partial charge in [-0.2, -0.15) is 0 Å². The van der Waals surface area contributed by atoms with Crippen molar-refractivity contribution in [3.63, 3.8) is 0 Å². The summed E-state index contributed by atoms with van der Waals surface area (Å²) in [6.45, 7) is 4.72. The molecule has 0 aromatic heterocycles. The highest BCUT2D eigenvalue weighted by Gasteiger charge is 2.31. The van der Waals surface area contributed by atoms with Gasteiger partial charge in [0.15, 0.2) is 0 Å². The van der Waals surface area contributed by atoms with Gasteiger partial charge in [-0.3, -0.25) is 0 Å². The lowest BCUT2D eigenvalue weighted by atomic mass is 9.77. The Morgan fingerprint density at radius 3 is 2.62 bits per heavy atom. The molecular formula is C14H28N2. The first-order valence-electron chi connectivity index (χ1n) is 7.38. The van der Waals surface area contributed by atoms with E-state index in [0.29, 0.717) is 0 Å². The summed E-state index contributed by atoms with van der Waals surface area (Å²) >= 11 is 0. The molecule has 1 saturated heterocycles. The maximum atomic E-state index is 3.78. The first kappa shape index (κ1) is 12.4. The molecular weight excluding hydrogens is 196 g/mol. The van der Waals surface area contributed by atoms with E-state index in [4.69, 9.17) is 0 Å². The number of rotatable bonds is 4. The van der Waals surface area contributed by atoms with E-state index in [-0.39, 0.29) is 0 Å². The van der Waals surface area contributed by atoms with Crippen LogP contribution in [-0.2, 0) is 0 Å². The van der Waals surface area contributed by atoms with Crippen LogP contribution in [0.25, 0.3) is 0 Å². The third kappa shape index (κ3) is 3.21. The van der Waals surface area contributed by atoms with Gasteiger partial charge >= 0.3 is 0 Å². The molecule has 2 rings (SSSR count). The van der Waals surface area contributed by atoms with E-state index in [1.165, 1.54) is 64.5 Å². The molecule has 0 aromatic carbocycles. The van der Waals surface area contributed by atoms with Crippen LogP contribution in [0.15, 0.2) is 0 Å². The van der Waals surface area contributed by atoms with Crippen molar-refractivity contribution >= 4 is 0 Å². The zero-order valence-electron chi connectivity index (χ0n) is 10.8. The van der Waals surface area contributed by atoms with Crippen LogP contribution < -0.4 is 10.6 Å². The van der Waals surface area contributed by atoms with Gasteiger partial charge < -0.3 is 10.6 Å². The van der Waals surface area contributed by atoms with Crippen LogP contribution in [0.1, 0.15) is 58.3 Å². The van der Waals surface area contributed by atoms with Crippen LogP contribution in [0.2, 0.25) is 0 Å². The van der Waals surface area contributed by atoms with Crippen molar-refractivity contribution < 1.29 is 0 Å². The smallest absolute Gasteiger partial charge is 0.0110 e. The van der Waals surface area contributed by atoms with Crippen molar-refractivity contribution in [1.82, 2.24) is 10.6 Å². The maximum absolute atomic E-state index is 3.78. The Labute approximate surface area is 101 Å². The standard InChI is InChI=1S/C14H28N2/c1-2-10-15-13-8-4-3-7-12(13)14-9-5-6-11-16-14/h12-16H,2-11H2,1H3. The number of hydrogen-bond donors (Lipinski definition) is 2. The van der Waals surface area contributed by atoms with Crippen molar-refractivity contribution in [3.05, 3.63) is 0 Å². The Hall–Kier alpha value is -0.0800. The normalized spacial score (nSPS) is 36.2. The molecule has 0 bridgehead atoms. The lowest BCUT2D eigenvalue weighted by Gasteiger charge is -2.40. The molecule has 0 spiro atoms. The molecule has 1 aliphatic carbocycles. The fourth-order valence-electron chi connectivity index (χ4n) is 3.47. The Morgan fingerprint density at radius 1 is 1.06 bits per heavy atom. The minimum absolute atomic E-state index is 0.796. The van der Waals surface area contributed by atoms with Gasteiger partial charge in [-0.25, -0.2) is 0 Å². The van der Waals surface area contributed by atoms with Gasteiger partial charge in [-0.15, -0.1) is 0 Å². The Morgan fingerprint density at radius 2 is 1.88 bits per heavy atom. The van der Waals surface area contributed by atoms with Gasteiger partial charge in [0.2, 0.25) is 0 Å². The van der Waals surface area contributed by atoms with E-state index in [1.54, 1.807) is 0 Å². The van der Waals surface area contributed by atoms with E-state index in [9.17, 15) is 0 Å². The molecule has 1 heterocycles. The van der Waals surface area contributed by atoms with Crippen molar-refractivity contribution in [3.8, 4) is 0 Å². The highest BCUT2D eigenvalue weighted by atomic mass is 15.0. The molecule has 0 amide bonds. The number of nitrogens with one attached hydrogen (secondary N) is 2. The van der Waals surface area contributed by atoms with Crippen molar-refractivity contribution in [1.29, 1.82) is 0 Å². The van der Waals surface area contributed by atoms with Crippen LogP contribution in [0.5, 0.6) is 0 Å². The maximum Gasteiger partial charge on any atom is 0.0110 e. The molecule has 3 atom stereocenters. The summed E-state index contributed by atoms with van der Waals surface area (Å²) in [5.41, 5.74) is 0. The Kier molecular flexibility index (Phi) is 5.11. The third-order valence-corrected chi connectivity index (χ3v) is 4.34. The van der Waals surface area contributed by atoms with Crippen molar-refractivity contribution in [2.45, 2.75) is 70.4 Å². The highest BCUT2D eigenvalue weighted by Crippen LogP contribution is 2.30. The van der Waals surface area contributed by atoms with Gasteiger partial charge in [-0.1, -0.05) is 26.2 Å². The van der Waals surface area contributed by atoms with E-state index < -0.39 is 0 Å². The SMILES string of the molecule is CCCNC1CCCCC1C1CCCCN1. The first-order chi connectivity index (χ1) is 7.92. The van der Waals surface area contributed by atoms with Crippen molar-refractivity contribution in [2.75, 3.05) is 13.1 Å². The predicted molar refractivity (Wildman–Crippen MR) is 69.7 cm³/mol. The molecule has 2 nitrogen and oxygen atoms in total. The average Bonchev–Trinajstić information content (AvgIpc) is 2.38. The quantitative estimate of drug-likeness (QED) is 0.767. The molecule has 2 N–H and O–H groups in total. The summed E-state index contributed by atoms with van der Waals surface area (Å²) in [6.07, 6.45) is 11.2. The molecule has 1 aliphatic heterocycles. The van der Waals surface area contributed by atoms with Crippen LogP contribution in [0, 0.1) is 5.92 Å². The van der Waals surface area contributed by atoms with Gasteiger partial charge in [-0.05, 0) is 51.1 Å². The highest BCUT2D eigenvalue weighted by molar-refractivity contribution is 4.90. The summed E-state index contributed by atoms with van der Waals surface area (Å²) in [5.74, 6) is 0.903.